The number of amides is 1. The maximum atomic E-state index is 12.1. The molecule has 2 N–H and O–H groups in total. The number of carbonyl (C=O) groups is 1. The van der Waals surface area contributed by atoms with Gasteiger partial charge in [-0.3, -0.25) is 4.79 Å². The summed E-state index contributed by atoms with van der Waals surface area (Å²) in [6, 6.07) is 12.5. The fraction of sp³-hybridized carbons (Fsp3) is 0.125. The highest BCUT2D eigenvalue weighted by atomic mass is 35.5. The number of nitrogens with zero attached hydrogens (tertiary/aromatic N) is 1. The van der Waals surface area contributed by atoms with Crippen LogP contribution in [0.5, 0.6) is 5.75 Å². The van der Waals surface area contributed by atoms with Gasteiger partial charge in [0.15, 0.2) is 0 Å². The van der Waals surface area contributed by atoms with Crippen LogP contribution in [0.25, 0.3) is 11.0 Å². The highest BCUT2D eigenvalue weighted by Crippen LogP contribution is 2.16. The number of carbonyl (C=O) groups excluding carboxylic acids is 1. The van der Waals surface area contributed by atoms with Crippen LogP contribution in [-0.4, -0.2) is 29.0 Å². The molecule has 0 radical (unpaired) electrons. The van der Waals surface area contributed by atoms with Gasteiger partial charge in [-0.1, -0.05) is 17.7 Å². The maximum absolute atomic E-state index is 12.1. The first kappa shape index (κ1) is 14.4. The van der Waals surface area contributed by atoms with E-state index in [0.29, 0.717) is 29.5 Å². The van der Waals surface area contributed by atoms with Gasteiger partial charge in [0.25, 0.3) is 5.91 Å². The minimum absolute atomic E-state index is 0.147. The van der Waals surface area contributed by atoms with Crippen molar-refractivity contribution in [1.29, 1.82) is 0 Å². The minimum atomic E-state index is -0.147. The summed E-state index contributed by atoms with van der Waals surface area (Å²) >= 11 is 5.87. The van der Waals surface area contributed by atoms with Gasteiger partial charge in [0.05, 0.1) is 23.9 Å². The first-order chi connectivity index (χ1) is 10.7. The lowest BCUT2D eigenvalue weighted by molar-refractivity contribution is 0.0947. The van der Waals surface area contributed by atoms with Crippen molar-refractivity contribution < 1.29 is 9.53 Å². The zero-order chi connectivity index (χ0) is 15.4. The third kappa shape index (κ3) is 3.38. The first-order valence-corrected chi connectivity index (χ1v) is 7.20. The van der Waals surface area contributed by atoms with E-state index in [-0.39, 0.29) is 5.91 Å². The predicted molar refractivity (Wildman–Crippen MR) is 85.4 cm³/mol. The minimum Gasteiger partial charge on any atom is -0.492 e. The smallest absolute Gasteiger partial charge is 0.251 e. The summed E-state index contributed by atoms with van der Waals surface area (Å²) in [5.74, 6) is 0.534. The van der Waals surface area contributed by atoms with Crippen LogP contribution < -0.4 is 10.1 Å². The third-order valence-electron chi connectivity index (χ3n) is 3.13. The number of rotatable bonds is 5. The van der Waals surface area contributed by atoms with Gasteiger partial charge in [-0.15, -0.1) is 0 Å². The highest BCUT2D eigenvalue weighted by Gasteiger charge is 2.06. The van der Waals surface area contributed by atoms with E-state index in [2.05, 4.69) is 15.3 Å². The van der Waals surface area contributed by atoms with E-state index in [4.69, 9.17) is 16.3 Å². The molecule has 0 spiro atoms. The zero-order valence-corrected chi connectivity index (χ0v) is 12.4. The van der Waals surface area contributed by atoms with E-state index in [1.165, 1.54) is 0 Å². The van der Waals surface area contributed by atoms with Crippen LogP contribution in [0, 0.1) is 0 Å². The van der Waals surface area contributed by atoms with Crippen molar-refractivity contribution in [3.63, 3.8) is 0 Å². The summed E-state index contributed by atoms with van der Waals surface area (Å²) in [7, 11) is 0. The van der Waals surface area contributed by atoms with Crippen molar-refractivity contribution in [2.75, 3.05) is 13.2 Å². The number of nitrogens with one attached hydrogen (secondary N) is 2. The van der Waals surface area contributed by atoms with E-state index >= 15 is 0 Å². The number of halogens is 1. The lowest BCUT2D eigenvalue weighted by Gasteiger charge is -2.08. The first-order valence-electron chi connectivity index (χ1n) is 6.82. The van der Waals surface area contributed by atoms with Gasteiger partial charge >= 0.3 is 0 Å². The normalized spacial score (nSPS) is 10.6. The Morgan fingerprint density at radius 2 is 2.18 bits per heavy atom. The van der Waals surface area contributed by atoms with Crippen LogP contribution in [0.3, 0.4) is 0 Å². The quantitative estimate of drug-likeness (QED) is 0.711. The summed E-state index contributed by atoms with van der Waals surface area (Å²) in [5, 5.41) is 3.43. The molecule has 0 fully saturated rings. The molecule has 1 heterocycles. The van der Waals surface area contributed by atoms with Crippen LogP contribution >= 0.6 is 11.6 Å². The van der Waals surface area contributed by atoms with Crippen molar-refractivity contribution in [2.45, 2.75) is 0 Å². The standard InChI is InChI=1S/C16H14ClN3O2/c17-12-2-1-3-13(9-12)22-7-6-18-16(21)11-4-5-14-15(8-11)20-10-19-14/h1-5,8-10H,6-7H2,(H,18,21)(H,19,20). The monoisotopic (exact) mass is 315 g/mol. The third-order valence-corrected chi connectivity index (χ3v) is 3.37. The Morgan fingerprint density at radius 1 is 1.27 bits per heavy atom. The summed E-state index contributed by atoms with van der Waals surface area (Å²) in [4.78, 5) is 19.2. The number of aromatic amines is 1. The highest BCUT2D eigenvalue weighted by molar-refractivity contribution is 6.30. The molecule has 0 saturated carbocycles. The number of benzene rings is 2. The lowest BCUT2D eigenvalue weighted by Crippen LogP contribution is -2.28. The molecular formula is C16H14ClN3O2. The average Bonchev–Trinajstić information content (AvgIpc) is 2.99. The second-order valence-electron chi connectivity index (χ2n) is 4.70. The molecule has 0 saturated heterocycles. The molecule has 0 aliphatic heterocycles. The fourth-order valence-corrected chi connectivity index (χ4v) is 2.25. The SMILES string of the molecule is O=C(NCCOc1cccc(Cl)c1)c1ccc2nc[nH]c2c1. The van der Waals surface area contributed by atoms with Crippen molar-refractivity contribution in [3.05, 3.63) is 59.4 Å². The van der Waals surface area contributed by atoms with Gasteiger partial charge in [-0.2, -0.15) is 0 Å². The Labute approximate surface area is 132 Å². The number of ether oxygens (including phenoxy) is 1. The van der Waals surface area contributed by atoms with E-state index in [1.54, 1.807) is 30.6 Å². The summed E-state index contributed by atoms with van der Waals surface area (Å²) < 4.78 is 5.52. The molecule has 6 heteroatoms. The Bertz CT molecular complexity index is 801. The summed E-state index contributed by atoms with van der Waals surface area (Å²) in [6.07, 6.45) is 1.60. The van der Waals surface area contributed by atoms with Gasteiger partial charge in [-0.05, 0) is 36.4 Å². The van der Waals surface area contributed by atoms with Crippen molar-refractivity contribution in [1.82, 2.24) is 15.3 Å². The van der Waals surface area contributed by atoms with Crippen LogP contribution in [0.1, 0.15) is 10.4 Å². The molecule has 112 valence electrons. The number of H-pyrrole nitrogens is 1. The number of fused-ring (bicyclic) bond motifs is 1. The molecule has 0 aliphatic rings. The van der Waals surface area contributed by atoms with E-state index < -0.39 is 0 Å². The van der Waals surface area contributed by atoms with Crippen LogP contribution in [0.2, 0.25) is 5.02 Å². The van der Waals surface area contributed by atoms with Gasteiger partial charge < -0.3 is 15.0 Å². The lowest BCUT2D eigenvalue weighted by atomic mass is 10.2. The average molecular weight is 316 g/mol. The van der Waals surface area contributed by atoms with Crippen molar-refractivity contribution in [2.24, 2.45) is 0 Å². The Balaban J connectivity index is 1.51. The molecule has 3 aromatic rings. The molecule has 1 amide bonds. The van der Waals surface area contributed by atoms with Crippen molar-refractivity contribution >= 4 is 28.5 Å². The van der Waals surface area contributed by atoms with E-state index in [9.17, 15) is 4.79 Å². The number of aromatic nitrogens is 2. The molecule has 0 aliphatic carbocycles. The molecule has 2 aromatic carbocycles. The largest absolute Gasteiger partial charge is 0.492 e. The molecule has 22 heavy (non-hydrogen) atoms. The Morgan fingerprint density at radius 3 is 3.05 bits per heavy atom. The second-order valence-corrected chi connectivity index (χ2v) is 5.13. The van der Waals surface area contributed by atoms with E-state index in [0.717, 1.165) is 11.0 Å². The van der Waals surface area contributed by atoms with Gasteiger partial charge in [0.1, 0.15) is 12.4 Å². The second kappa shape index (κ2) is 6.49. The Hall–Kier alpha value is -2.53. The molecule has 0 bridgehead atoms. The van der Waals surface area contributed by atoms with Gasteiger partial charge in [-0.25, -0.2) is 4.98 Å². The molecule has 3 rings (SSSR count). The van der Waals surface area contributed by atoms with Crippen LogP contribution in [0.4, 0.5) is 0 Å². The van der Waals surface area contributed by atoms with Crippen LogP contribution in [0.15, 0.2) is 48.8 Å². The van der Waals surface area contributed by atoms with Gasteiger partial charge in [0.2, 0.25) is 0 Å². The fourth-order valence-electron chi connectivity index (χ4n) is 2.07. The molecule has 1 aromatic heterocycles. The van der Waals surface area contributed by atoms with Crippen LogP contribution in [-0.2, 0) is 0 Å². The van der Waals surface area contributed by atoms with Gasteiger partial charge in [0, 0.05) is 10.6 Å². The zero-order valence-electron chi connectivity index (χ0n) is 11.7. The predicted octanol–water partition coefficient (Wildman–Crippen LogP) is 3.03. The molecule has 0 atom stereocenters. The number of hydrogen-bond donors (Lipinski definition) is 2. The van der Waals surface area contributed by atoms with E-state index in [1.807, 2.05) is 18.2 Å². The summed E-state index contributed by atoms with van der Waals surface area (Å²) in [5.41, 5.74) is 2.25. The number of hydrogen-bond acceptors (Lipinski definition) is 3. The number of imidazole rings is 1. The topological polar surface area (TPSA) is 67.0 Å². The molecular weight excluding hydrogens is 302 g/mol. The summed E-state index contributed by atoms with van der Waals surface area (Å²) in [6.45, 7) is 0.782. The molecule has 5 nitrogen and oxygen atoms in total. The van der Waals surface area contributed by atoms with Crippen molar-refractivity contribution in [3.8, 4) is 5.75 Å². The Kier molecular flexibility index (Phi) is 4.25. The maximum Gasteiger partial charge on any atom is 0.251 e. The molecule has 0 unspecified atom stereocenters.